The molecule has 0 spiro atoms. The van der Waals surface area contributed by atoms with Crippen molar-refractivity contribution in [3.63, 3.8) is 0 Å². The van der Waals surface area contributed by atoms with E-state index in [4.69, 9.17) is 16.9 Å². The van der Waals surface area contributed by atoms with Gasteiger partial charge in [0.15, 0.2) is 0 Å². The minimum Gasteiger partial charge on any atom is -0.317 e. The molecule has 1 aliphatic rings. The highest BCUT2D eigenvalue weighted by atomic mass is 35.5. The molecular weight excluding hydrogens is 334 g/mol. The van der Waals surface area contributed by atoms with E-state index in [2.05, 4.69) is 11.4 Å². The molecule has 0 radical (unpaired) electrons. The monoisotopic (exact) mass is 353 g/mol. The molecule has 0 unspecified atom stereocenters. The van der Waals surface area contributed by atoms with Gasteiger partial charge in [-0.3, -0.25) is 0 Å². The number of carbonyl (C=O) groups excluding carboxylic acids is 1. The summed E-state index contributed by atoms with van der Waals surface area (Å²) in [5.41, 5.74) is 2.31. The summed E-state index contributed by atoms with van der Waals surface area (Å²) in [5.74, 6) is 0. The Morgan fingerprint density at radius 1 is 1.20 bits per heavy atom. The van der Waals surface area contributed by atoms with Gasteiger partial charge in [0.05, 0.1) is 11.6 Å². The lowest BCUT2D eigenvalue weighted by Crippen LogP contribution is -2.41. The molecule has 2 aromatic carbocycles. The molecular formula is C20H20ClN3O. The quantitative estimate of drug-likeness (QED) is 0.822. The maximum absolute atomic E-state index is 12.9. The summed E-state index contributed by atoms with van der Waals surface area (Å²) in [7, 11) is 0. The minimum atomic E-state index is -0.114. The first kappa shape index (κ1) is 17.3. The number of amides is 2. The molecule has 1 saturated carbocycles. The van der Waals surface area contributed by atoms with E-state index in [1.165, 1.54) is 0 Å². The van der Waals surface area contributed by atoms with Gasteiger partial charge in [0.2, 0.25) is 0 Å². The summed E-state index contributed by atoms with van der Waals surface area (Å²) in [5, 5.41) is 12.7. The molecule has 0 aromatic heterocycles. The molecule has 0 atom stereocenters. The van der Waals surface area contributed by atoms with Gasteiger partial charge in [-0.05, 0) is 54.8 Å². The van der Waals surface area contributed by atoms with Crippen LogP contribution >= 0.6 is 11.6 Å². The van der Waals surface area contributed by atoms with Crippen LogP contribution in [-0.2, 0) is 6.54 Å². The van der Waals surface area contributed by atoms with E-state index in [-0.39, 0.29) is 12.1 Å². The van der Waals surface area contributed by atoms with Gasteiger partial charge in [0.1, 0.15) is 0 Å². The zero-order chi connectivity index (χ0) is 17.6. The molecule has 2 amide bonds. The second kappa shape index (κ2) is 8.04. The van der Waals surface area contributed by atoms with Crippen molar-refractivity contribution >= 4 is 23.3 Å². The zero-order valence-electron chi connectivity index (χ0n) is 13.9. The predicted molar refractivity (Wildman–Crippen MR) is 99.4 cm³/mol. The third kappa shape index (κ3) is 4.52. The topological polar surface area (TPSA) is 56.1 Å². The average molecular weight is 354 g/mol. The largest absolute Gasteiger partial charge is 0.322 e. The molecule has 0 saturated heterocycles. The number of hydrogen-bond donors (Lipinski definition) is 1. The summed E-state index contributed by atoms with van der Waals surface area (Å²) in [4.78, 5) is 14.7. The number of hydrogen-bond acceptors (Lipinski definition) is 2. The smallest absolute Gasteiger partial charge is 0.317 e. The van der Waals surface area contributed by atoms with Crippen molar-refractivity contribution in [1.82, 2.24) is 4.90 Å². The van der Waals surface area contributed by atoms with Crippen LogP contribution in [0.3, 0.4) is 0 Å². The Bertz CT molecular complexity index is 776. The molecule has 3 rings (SSSR count). The number of carbonyl (C=O) groups is 1. The van der Waals surface area contributed by atoms with E-state index < -0.39 is 0 Å². The van der Waals surface area contributed by atoms with Crippen LogP contribution in [0.2, 0.25) is 5.02 Å². The van der Waals surface area contributed by atoms with Crippen molar-refractivity contribution in [1.29, 1.82) is 5.26 Å². The Kier molecular flexibility index (Phi) is 5.57. The molecule has 128 valence electrons. The number of urea groups is 1. The summed E-state index contributed by atoms with van der Waals surface area (Å²) in [6.45, 7) is 0.500. The minimum absolute atomic E-state index is 0.114. The van der Waals surface area contributed by atoms with Gasteiger partial charge in [-0.15, -0.1) is 0 Å². The summed E-state index contributed by atoms with van der Waals surface area (Å²) < 4.78 is 0. The van der Waals surface area contributed by atoms with E-state index in [0.29, 0.717) is 17.1 Å². The van der Waals surface area contributed by atoms with Crippen LogP contribution in [0, 0.1) is 11.3 Å². The van der Waals surface area contributed by atoms with E-state index >= 15 is 0 Å². The van der Waals surface area contributed by atoms with Crippen LogP contribution in [0.15, 0.2) is 48.5 Å². The van der Waals surface area contributed by atoms with Crippen molar-refractivity contribution in [2.75, 3.05) is 5.32 Å². The third-order valence-corrected chi connectivity index (χ3v) is 4.78. The van der Waals surface area contributed by atoms with E-state index in [9.17, 15) is 4.79 Å². The fourth-order valence-electron chi connectivity index (χ4n) is 3.25. The molecule has 5 heteroatoms. The molecule has 1 aliphatic carbocycles. The van der Waals surface area contributed by atoms with Gasteiger partial charge in [-0.1, -0.05) is 36.6 Å². The zero-order valence-corrected chi connectivity index (χ0v) is 14.7. The Labute approximate surface area is 153 Å². The maximum atomic E-state index is 12.9. The highest BCUT2D eigenvalue weighted by Gasteiger charge is 2.27. The normalized spacial score (nSPS) is 14.1. The average Bonchev–Trinajstić information content (AvgIpc) is 3.16. The Hall–Kier alpha value is -2.51. The first-order chi connectivity index (χ1) is 12.2. The first-order valence-electron chi connectivity index (χ1n) is 8.48. The van der Waals surface area contributed by atoms with Crippen molar-refractivity contribution in [2.45, 2.75) is 38.3 Å². The third-order valence-electron chi connectivity index (χ3n) is 4.53. The summed E-state index contributed by atoms with van der Waals surface area (Å²) >= 11 is 5.90. The lowest BCUT2D eigenvalue weighted by molar-refractivity contribution is 0.184. The van der Waals surface area contributed by atoms with Crippen LogP contribution < -0.4 is 5.32 Å². The SMILES string of the molecule is N#Cc1cccc(CN(C(=O)Nc2ccc(Cl)cc2)C2CCCC2)c1. The molecule has 0 bridgehead atoms. The molecule has 4 nitrogen and oxygen atoms in total. The van der Waals surface area contributed by atoms with Gasteiger partial charge in [0, 0.05) is 23.3 Å². The summed E-state index contributed by atoms with van der Waals surface area (Å²) in [6.07, 6.45) is 4.33. The molecule has 25 heavy (non-hydrogen) atoms. The van der Waals surface area contributed by atoms with Crippen molar-refractivity contribution < 1.29 is 4.79 Å². The Balaban J connectivity index is 1.77. The van der Waals surface area contributed by atoms with Crippen LogP contribution in [0.25, 0.3) is 0 Å². The van der Waals surface area contributed by atoms with Crippen LogP contribution in [-0.4, -0.2) is 17.0 Å². The molecule has 0 aliphatic heterocycles. The number of nitriles is 1. The van der Waals surface area contributed by atoms with E-state index in [1.54, 1.807) is 30.3 Å². The van der Waals surface area contributed by atoms with Crippen LogP contribution in [0.4, 0.5) is 10.5 Å². The lowest BCUT2D eigenvalue weighted by Gasteiger charge is -2.29. The number of benzene rings is 2. The fraction of sp³-hybridized carbons (Fsp3) is 0.300. The van der Waals surface area contributed by atoms with Gasteiger partial charge >= 0.3 is 6.03 Å². The standard InChI is InChI=1S/C20H20ClN3O/c21-17-8-10-18(11-9-17)23-20(25)24(19-6-1-2-7-19)14-16-5-3-4-15(12-16)13-22/h3-5,8-12,19H,1-2,6-7,14H2,(H,23,25). The maximum Gasteiger partial charge on any atom is 0.322 e. The number of halogens is 1. The number of nitrogens with one attached hydrogen (secondary N) is 1. The predicted octanol–water partition coefficient (Wildman–Crippen LogP) is 5.19. The molecule has 1 N–H and O–H groups in total. The van der Waals surface area contributed by atoms with Gasteiger partial charge in [-0.2, -0.15) is 5.26 Å². The highest BCUT2D eigenvalue weighted by Crippen LogP contribution is 2.26. The van der Waals surface area contributed by atoms with E-state index in [0.717, 1.165) is 36.9 Å². The van der Waals surface area contributed by atoms with Gasteiger partial charge in [0.25, 0.3) is 0 Å². The lowest BCUT2D eigenvalue weighted by atomic mass is 10.1. The number of nitrogens with zero attached hydrogens (tertiary/aromatic N) is 2. The highest BCUT2D eigenvalue weighted by molar-refractivity contribution is 6.30. The van der Waals surface area contributed by atoms with Crippen LogP contribution in [0.1, 0.15) is 36.8 Å². The van der Waals surface area contributed by atoms with Gasteiger partial charge in [-0.25, -0.2) is 4.79 Å². The van der Waals surface area contributed by atoms with Crippen molar-refractivity contribution in [3.05, 3.63) is 64.7 Å². The first-order valence-corrected chi connectivity index (χ1v) is 8.86. The number of rotatable bonds is 4. The van der Waals surface area contributed by atoms with Crippen LogP contribution in [0.5, 0.6) is 0 Å². The Morgan fingerprint density at radius 2 is 1.92 bits per heavy atom. The number of anilines is 1. The van der Waals surface area contributed by atoms with Crippen molar-refractivity contribution in [3.8, 4) is 6.07 Å². The molecule has 0 heterocycles. The van der Waals surface area contributed by atoms with E-state index in [1.807, 2.05) is 23.1 Å². The molecule has 1 fully saturated rings. The Morgan fingerprint density at radius 3 is 2.60 bits per heavy atom. The fourth-order valence-corrected chi connectivity index (χ4v) is 3.37. The summed E-state index contributed by atoms with van der Waals surface area (Å²) in [6, 6.07) is 16.8. The van der Waals surface area contributed by atoms with Gasteiger partial charge < -0.3 is 10.2 Å². The second-order valence-electron chi connectivity index (χ2n) is 6.32. The second-order valence-corrected chi connectivity index (χ2v) is 6.75. The molecule has 2 aromatic rings. The van der Waals surface area contributed by atoms with Crippen molar-refractivity contribution in [2.24, 2.45) is 0 Å².